The van der Waals surface area contributed by atoms with Crippen LogP contribution in [0.2, 0.25) is 0 Å². The molecule has 8 nitrogen and oxygen atoms in total. The van der Waals surface area contributed by atoms with E-state index in [4.69, 9.17) is 4.74 Å². The van der Waals surface area contributed by atoms with Gasteiger partial charge in [-0.15, -0.1) is 0 Å². The molecule has 0 bridgehead atoms. The van der Waals surface area contributed by atoms with Gasteiger partial charge in [0.25, 0.3) is 5.91 Å². The number of fused-ring (bicyclic) bond motifs is 1. The first kappa shape index (κ1) is 25.6. The van der Waals surface area contributed by atoms with Crippen molar-refractivity contribution >= 4 is 28.6 Å². The molecule has 1 amide bonds. The fourth-order valence-corrected chi connectivity index (χ4v) is 3.96. The maximum atomic E-state index is 13.7. The van der Waals surface area contributed by atoms with Gasteiger partial charge in [0.15, 0.2) is 0 Å². The van der Waals surface area contributed by atoms with Crippen molar-refractivity contribution in [3.8, 4) is 22.6 Å². The molecule has 198 valence electrons. The fourth-order valence-electron chi connectivity index (χ4n) is 3.96. The maximum absolute atomic E-state index is 13.7. The Hall–Kier alpha value is -5.00. The van der Waals surface area contributed by atoms with Gasteiger partial charge in [0.2, 0.25) is 11.9 Å². The van der Waals surface area contributed by atoms with Gasteiger partial charge in [-0.05, 0) is 53.6 Å². The summed E-state index contributed by atoms with van der Waals surface area (Å²) in [6.07, 6.45) is -1.99. The standard InChI is InChI=1S/C27H20F4N6O2/c1-32-25(38)22-14-20(6-8-33-22)39-19-3-4-23-21(13-19)36-26(37(23)2)35-18-10-16(9-17(12-18)27(29,30)31)15-5-7-34-24(28)11-15/h3-14H,1-2H3,(H,32,38)(H,35,36). The van der Waals surface area contributed by atoms with E-state index in [0.29, 0.717) is 22.5 Å². The molecule has 0 aliphatic heterocycles. The van der Waals surface area contributed by atoms with E-state index in [-0.39, 0.29) is 34.4 Å². The number of aryl methyl sites for hydroxylation is 1. The quantitative estimate of drug-likeness (QED) is 0.202. The molecule has 2 N–H and O–H groups in total. The first-order chi connectivity index (χ1) is 18.6. The van der Waals surface area contributed by atoms with E-state index in [2.05, 4.69) is 25.6 Å². The molecule has 12 heteroatoms. The number of pyridine rings is 2. The summed E-state index contributed by atoms with van der Waals surface area (Å²) in [6, 6.07) is 14.1. The predicted octanol–water partition coefficient (Wildman–Crippen LogP) is 6.08. The second-order valence-corrected chi connectivity index (χ2v) is 8.49. The van der Waals surface area contributed by atoms with Gasteiger partial charge in [-0.25, -0.2) is 9.97 Å². The minimum Gasteiger partial charge on any atom is -0.457 e. The number of halogens is 4. The number of hydrogen-bond acceptors (Lipinski definition) is 6. The van der Waals surface area contributed by atoms with Crippen LogP contribution in [-0.4, -0.2) is 32.5 Å². The molecule has 0 unspecified atom stereocenters. The van der Waals surface area contributed by atoms with E-state index >= 15 is 0 Å². The number of anilines is 2. The number of carbonyl (C=O) groups excluding carboxylic acids is 1. The predicted molar refractivity (Wildman–Crippen MR) is 136 cm³/mol. The molecular weight excluding hydrogens is 516 g/mol. The largest absolute Gasteiger partial charge is 0.457 e. The summed E-state index contributed by atoms with van der Waals surface area (Å²) in [5.41, 5.74) is 1.02. The van der Waals surface area contributed by atoms with E-state index in [1.54, 1.807) is 35.9 Å². The molecule has 0 fully saturated rings. The lowest BCUT2D eigenvalue weighted by Gasteiger charge is -2.14. The van der Waals surface area contributed by atoms with Crippen LogP contribution in [0.5, 0.6) is 11.5 Å². The smallest absolute Gasteiger partial charge is 0.416 e. The highest BCUT2D eigenvalue weighted by atomic mass is 19.4. The van der Waals surface area contributed by atoms with Crippen LogP contribution in [-0.2, 0) is 13.2 Å². The average molecular weight is 536 g/mol. The van der Waals surface area contributed by atoms with Crippen molar-refractivity contribution in [2.45, 2.75) is 6.18 Å². The van der Waals surface area contributed by atoms with Crippen LogP contribution in [0.3, 0.4) is 0 Å². The van der Waals surface area contributed by atoms with Crippen molar-refractivity contribution < 1.29 is 27.1 Å². The lowest BCUT2D eigenvalue weighted by molar-refractivity contribution is -0.137. The number of nitrogens with zero attached hydrogens (tertiary/aromatic N) is 4. The monoisotopic (exact) mass is 536 g/mol. The first-order valence-corrected chi connectivity index (χ1v) is 11.5. The van der Waals surface area contributed by atoms with Crippen molar-refractivity contribution in [3.05, 3.63) is 90.3 Å². The number of amides is 1. The van der Waals surface area contributed by atoms with Crippen LogP contribution in [0, 0.1) is 5.95 Å². The van der Waals surface area contributed by atoms with Gasteiger partial charge in [0, 0.05) is 50.4 Å². The van der Waals surface area contributed by atoms with Gasteiger partial charge < -0.3 is 19.9 Å². The molecule has 39 heavy (non-hydrogen) atoms. The van der Waals surface area contributed by atoms with Gasteiger partial charge in [0.05, 0.1) is 16.6 Å². The van der Waals surface area contributed by atoms with Gasteiger partial charge in [-0.3, -0.25) is 9.78 Å². The van der Waals surface area contributed by atoms with Gasteiger partial charge in [-0.1, -0.05) is 0 Å². The topological polar surface area (TPSA) is 94.0 Å². The Bertz CT molecular complexity index is 1700. The summed E-state index contributed by atoms with van der Waals surface area (Å²) in [5.74, 6) is -0.0599. The van der Waals surface area contributed by atoms with Gasteiger partial charge >= 0.3 is 6.18 Å². The Kier molecular flexibility index (Phi) is 6.60. The Morgan fingerprint density at radius 2 is 1.69 bits per heavy atom. The third-order valence-electron chi connectivity index (χ3n) is 5.86. The molecule has 2 aromatic carbocycles. The average Bonchev–Trinajstić information content (AvgIpc) is 3.21. The molecule has 3 aromatic heterocycles. The molecule has 0 aliphatic rings. The van der Waals surface area contributed by atoms with Crippen LogP contribution in [0.25, 0.3) is 22.2 Å². The lowest BCUT2D eigenvalue weighted by Crippen LogP contribution is -2.18. The molecule has 0 radical (unpaired) electrons. The van der Waals surface area contributed by atoms with E-state index in [1.165, 1.54) is 37.6 Å². The third kappa shape index (κ3) is 5.49. The second kappa shape index (κ2) is 10.0. The number of aromatic nitrogens is 4. The Morgan fingerprint density at radius 1 is 0.923 bits per heavy atom. The van der Waals surface area contributed by atoms with E-state index in [9.17, 15) is 22.4 Å². The zero-order valence-corrected chi connectivity index (χ0v) is 20.5. The number of rotatable bonds is 6. The lowest BCUT2D eigenvalue weighted by atomic mass is 10.0. The minimum atomic E-state index is -4.62. The van der Waals surface area contributed by atoms with Crippen LogP contribution in [0.4, 0.5) is 29.2 Å². The maximum Gasteiger partial charge on any atom is 0.416 e. The number of hydrogen-bond donors (Lipinski definition) is 2. The van der Waals surface area contributed by atoms with Gasteiger partial charge in [-0.2, -0.15) is 17.6 Å². The zero-order chi connectivity index (χ0) is 27.7. The highest BCUT2D eigenvalue weighted by molar-refractivity contribution is 5.92. The molecule has 0 saturated heterocycles. The highest BCUT2D eigenvalue weighted by Gasteiger charge is 2.31. The van der Waals surface area contributed by atoms with Crippen molar-refractivity contribution in [2.75, 3.05) is 12.4 Å². The van der Waals surface area contributed by atoms with Gasteiger partial charge in [0.1, 0.15) is 17.2 Å². The van der Waals surface area contributed by atoms with Crippen LogP contribution in [0.15, 0.2) is 73.1 Å². The number of carbonyl (C=O) groups is 1. The van der Waals surface area contributed by atoms with E-state index in [1.807, 2.05) is 0 Å². The summed E-state index contributed by atoms with van der Waals surface area (Å²) in [4.78, 5) is 23.8. The summed E-state index contributed by atoms with van der Waals surface area (Å²) >= 11 is 0. The van der Waals surface area contributed by atoms with Crippen LogP contribution >= 0.6 is 0 Å². The molecule has 5 rings (SSSR count). The molecule has 0 atom stereocenters. The first-order valence-electron chi connectivity index (χ1n) is 11.5. The number of benzene rings is 2. The zero-order valence-electron chi connectivity index (χ0n) is 20.5. The Morgan fingerprint density at radius 3 is 2.44 bits per heavy atom. The molecular formula is C27H20F4N6O2. The summed E-state index contributed by atoms with van der Waals surface area (Å²) in [5, 5.41) is 5.44. The van der Waals surface area contributed by atoms with Crippen molar-refractivity contribution in [1.82, 2.24) is 24.8 Å². The number of imidazole rings is 1. The number of ether oxygens (including phenoxy) is 1. The molecule has 5 aromatic rings. The summed E-state index contributed by atoms with van der Waals surface area (Å²) in [6.45, 7) is 0. The molecule has 0 spiro atoms. The Balaban J connectivity index is 1.47. The highest BCUT2D eigenvalue weighted by Crippen LogP contribution is 2.36. The third-order valence-corrected chi connectivity index (χ3v) is 5.86. The fraction of sp³-hybridized carbons (Fsp3) is 0.111. The van der Waals surface area contributed by atoms with E-state index < -0.39 is 17.7 Å². The minimum absolute atomic E-state index is 0.116. The van der Waals surface area contributed by atoms with E-state index in [0.717, 1.165) is 18.2 Å². The van der Waals surface area contributed by atoms with Crippen molar-refractivity contribution in [2.24, 2.45) is 7.05 Å². The summed E-state index contributed by atoms with van der Waals surface area (Å²) < 4.78 is 62.2. The second-order valence-electron chi connectivity index (χ2n) is 8.49. The normalized spacial score (nSPS) is 11.4. The molecule has 3 heterocycles. The number of alkyl halides is 3. The van der Waals surface area contributed by atoms with Crippen LogP contribution in [0.1, 0.15) is 16.1 Å². The molecule has 0 aliphatic carbocycles. The van der Waals surface area contributed by atoms with Crippen LogP contribution < -0.4 is 15.4 Å². The van der Waals surface area contributed by atoms with Crippen molar-refractivity contribution in [1.29, 1.82) is 0 Å². The Labute approximate surface area is 219 Å². The SMILES string of the molecule is CNC(=O)c1cc(Oc2ccc3c(c2)nc(Nc2cc(-c4ccnc(F)c4)cc(C(F)(F)F)c2)n3C)ccn1. The summed E-state index contributed by atoms with van der Waals surface area (Å²) in [7, 11) is 3.21. The number of nitrogens with one attached hydrogen (secondary N) is 2. The molecule has 0 saturated carbocycles. The van der Waals surface area contributed by atoms with Crippen molar-refractivity contribution in [3.63, 3.8) is 0 Å².